The Balaban J connectivity index is 2.70. The van der Waals surface area contributed by atoms with Crippen LogP contribution in [0.1, 0.15) is 0 Å². The summed E-state index contributed by atoms with van der Waals surface area (Å²) in [4.78, 5) is 11.9. The first-order valence-corrected chi connectivity index (χ1v) is 5.34. The van der Waals surface area contributed by atoms with Crippen LogP contribution < -0.4 is 4.90 Å². The highest BCUT2D eigenvalue weighted by Crippen LogP contribution is 2.31. The number of carbonyl (C=O) groups is 1. The molecule has 4 nitrogen and oxygen atoms in total. The van der Waals surface area contributed by atoms with Gasteiger partial charge in [-0.1, -0.05) is 12.1 Å². The SMILES string of the molecule is O=CN1CS(=O)(=O)c2ccccc21. The molecule has 0 radical (unpaired) electrons. The van der Waals surface area contributed by atoms with Crippen molar-refractivity contribution in [1.29, 1.82) is 0 Å². The van der Waals surface area contributed by atoms with Crippen molar-refractivity contribution in [2.75, 3.05) is 10.8 Å². The maximum Gasteiger partial charge on any atom is 0.215 e. The van der Waals surface area contributed by atoms with Crippen molar-refractivity contribution in [2.45, 2.75) is 4.90 Å². The normalized spacial score (nSPS) is 18.3. The summed E-state index contributed by atoms with van der Waals surface area (Å²) in [5, 5.41) is 0. The number of amides is 1. The second kappa shape index (κ2) is 2.56. The van der Waals surface area contributed by atoms with E-state index in [0.717, 1.165) is 0 Å². The molecule has 0 saturated carbocycles. The van der Waals surface area contributed by atoms with E-state index < -0.39 is 9.84 Å². The van der Waals surface area contributed by atoms with E-state index in [1.807, 2.05) is 0 Å². The molecule has 1 aromatic carbocycles. The number of anilines is 1. The highest BCUT2D eigenvalue weighted by molar-refractivity contribution is 7.92. The van der Waals surface area contributed by atoms with Crippen molar-refractivity contribution in [1.82, 2.24) is 0 Å². The van der Waals surface area contributed by atoms with Gasteiger partial charge in [-0.3, -0.25) is 9.69 Å². The third-order valence-corrected chi connectivity index (χ3v) is 3.58. The highest BCUT2D eigenvalue weighted by atomic mass is 32.2. The topological polar surface area (TPSA) is 54.5 Å². The number of para-hydroxylation sites is 1. The predicted octanol–water partition coefficient (Wildman–Crippen LogP) is 0.394. The largest absolute Gasteiger partial charge is 0.298 e. The molecule has 1 aliphatic rings. The first-order chi connectivity index (χ1) is 6.15. The van der Waals surface area contributed by atoms with E-state index in [0.29, 0.717) is 12.1 Å². The molecule has 68 valence electrons. The van der Waals surface area contributed by atoms with Crippen LogP contribution in [0.5, 0.6) is 0 Å². The summed E-state index contributed by atoms with van der Waals surface area (Å²) < 4.78 is 22.8. The Morgan fingerprint density at radius 1 is 1.31 bits per heavy atom. The Hall–Kier alpha value is -1.36. The minimum Gasteiger partial charge on any atom is -0.298 e. The van der Waals surface area contributed by atoms with Crippen molar-refractivity contribution < 1.29 is 13.2 Å². The Labute approximate surface area is 75.7 Å². The fourth-order valence-electron chi connectivity index (χ4n) is 1.37. The number of rotatable bonds is 1. The summed E-state index contributed by atoms with van der Waals surface area (Å²) in [7, 11) is -3.27. The third-order valence-electron chi connectivity index (χ3n) is 1.95. The fraction of sp³-hybridized carbons (Fsp3) is 0.125. The van der Waals surface area contributed by atoms with Crippen LogP contribution in [0.4, 0.5) is 5.69 Å². The van der Waals surface area contributed by atoms with Crippen LogP contribution in [0.15, 0.2) is 29.2 Å². The van der Waals surface area contributed by atoms with Crippen molar-refractivity contribution in [3.63, 3.8) is 0 Å². The van der Waals surface area contributed by atoms with Gasteiger partial charge in [0.2, 0.25) is 6.41 Å². The minimum atomic E-state index is -3.27. The van der Waals surface area contributed by atoms with Crippen molar-refractivity contribution in [3.05, 3.63) is 24.3 Å². The average molecular weight is 197 g/mol. The van der Waals surface area contributed by atoms with E-state index in [9.17, 15) is 13.2 Å². The summed E-state index contributed by atoms with van der Waals surface area (Å²) in [5.74, 6) is -0.240. The van der Waals surface area contributed by atoms with Gasteiger partial charge in [-0.05, 0) is 12.1 Å². The molecule has 0 fully saturated rings. The maximum absolute atomic E-state index is 11.4. The molecule has 0 aromatic heterocycles. The van der Waals surface area contributed by atoms with Crippen LogP contribution >= 0.6 is 0 Å². The van der Waals surface area contributed by atoms with Crippen LogP contribution in [0.2, 0.25) is 0 Å². The molecule has 2 rings (SSSR count). The summed E-state index contributed by atoms with van der Waals surface area (Å²) >= 11 is 0. The van der Waals surface area contributed by atoms with Gasteiger partial charge in [0.05, 0.1) is 10.6 Å². The van der Waals surface area contributed by atoms with Gasteiger partial charge in [0.15, 0.2) is 9.84 Å². The third kappa shape index (κ3) is 1.12. The van der Waals surface area contributed by atoms with E-state index in [4.69, 9.17) is 0 Å². The second-order valence-corrected chi connectivity index (χ2v) is 4.71. The standard InChI is InChI=1S/C8H7NO3S/c10-5-9-6-13(11,12)8-4-2-1-3-7(8)9/h1-5H,6H2. The fourth-order valence-corrected chi connectivity index (χ4v) is 2.86. The molecule has 0 N–H and O–H groups in total. The quantitative estimate of drug-likeness (QED) is 0.612. The molecule has 5 heteroatoms. The maximum atomic E-state index is 11.4. The lowest BCUT2D eigenvalue weighted by Crippen LogP contribution is -2.20. The molecule has 1 aliphatic heterocycles. The van der Waals surface area contributed by atoms with Gasteiger partial charge >= 0.3 is 0 Å². The molecule has 13 heavy (non-hydrogen) atoms. The van der Waals surface area contributed by atoms with Crippen molar-refractivity contribution in [2.24, 2.45) is 0 Å². The van der Waals surface area contributed by atoms with Gasteiger partial charge in [0.1, 0.15) is 5.88 Å². The zero-order valence-electron chi connectivity index (χ0n) is 6.67. The molecule has 1 amide bonds. The number of fused-ring (bicyclic) bond motifs is 1. The minimum absolute atomic E-state index is 0.238. The molecule has 0 aliphatic carbocycles. The monoisotopic (exact) mass is 197 g/mol. The molecular weight excluding hydrogens is 190 g/mol. The van der Waals surface area contributed by atoms with Gasteiger partial charge in [0.25, 0.3) is 0 Å². The molecule has 0 bridgehead atoms. The van der Waals surface area contributed by atoms with Gasteiger partial charge in [-0.25, -0.2) is 8.42 Å². The zero-order valence-corrected chi connectivity index (χ0v) is 7.49. The van der Waals surface area contributed by atoms with E-state index in [1.165, 1.54) is 11.0 Å². The van der Waals surface area contributed by atoms with Crippen LogP contribution in [0.3, 0.4) is 0 Å². The molecule has 0 atom stereocenters. The first kappa shape index (κ1) is 8.25. The Bertz CT molecular complexity index is 452. The molecule has 1 heterocycles. The number of nitrogens with zero attached hydrogens (tertiary/aromatic N) is 1. The summed E-state index contributed by atoms with van der Waals surface area (Å²) in [6.07, 6.45) is 0.531. The molecule has 0 unspecified atom stereocenters. The smallest absolute Gasteiger partial charge is 0.215 e. The molecule has 0 spiro atoms. The Kier molecular flexibility index (Phi) is 1.63. The van der Waals surface area contributed by atoms with Crippen molar-refractivity contribution in [3.8, 4) is 0 Å². The van der Waals surface area contributed by atoms with E-state index >= 15 is 0 Å². The van der Waals surface area contributed by atoms with E-state index in [-0.39, 0.29) is 10.8 Å². The summed E-state index contributed by atoms with van der Waals surface area (Å²) in [6.45, 7) is 0. The Morgan fingerprint density at radius 2 is 2.00 bits per heavy atom. The number of benzene rings is 1. The lowest BCUT2D eigenvalue weighted by Gasteiger charge is -2.05. The van der Waals surface area contributed by atoms with E-state index in [2.05, 4.69) is 0 Å². The van der Waals surface area contributed by atoms with Crippen LogP contribution in [-0.4, -0.2) is 20.7 Å². The molecular formula is C8H7NO3S. The second-order valence-electron chi connectivity index (χ2n) is 2.79. The predicted molar refractivity (Wildman–Crippen MR) is 47.0 cm³/mol. The van der Waals surface area contributed by atoms with Gasteiger partial charge in [-0.15, -0.1) is 0 Å². The Morgan fingerprint density at radius 3 is 2.69 bits per heavy atom. The average Bonchev–Trinajstić information content (AvgIpc) is 2.39. The van der Waals surface area contributed by atoms with Gasteiger partial charge in [-0.2, -0.15) is 0 Å². The summed E-state index contributed by atoms with van der Waals surface area (Å²) in [5.41, 5.74) is 0.470. The van der Waals surface area contributed by atoms with Crippen LogP contribution in [0, 0.1) is 0 Å². The summed E-state index contributed by atoms with van der Waals surface area (Å²) in [6, 6.07) is 6.48. The van der Waals surface area contributed by atoms with Gasteiger partial charge < -0.3 is 0 Å². The number of hydrogen-bond acceptors (Lipinski definition) is 3. The van der Waals surface area contributed by atoms with Gasteiger partial charge in [0, 0.05) is 0 Å². The number of hydrogen-bond donors (Lipinski definition) is 0. The first-order valence-electron chi connectivity index (χ1n) is 3.69. The molecule has 1 aromatic rings. The lowest BCUT2D eigenvalue weighted by atomic mass is 10.3. The number of sulfone groups is 1. The highest BCUT2D eigenvalue weighted by Gasteiger charge is 2.31. The van der Waals surface area contributed by atoms with E-state index in [1.54, 1.807) is 18.2 Å². The van der Waals surface area contributed by atoms with Crippen molar-refractivity contribution >= 4 is 21.9 Å². The lowest BCUT2D eigenvalue weighted by molar-refractivity contribution is -0.107. The zero-order chi connectivity index (χ0) is 9.47. The molecule has 0 saturated heterocycles. The number of carbonyl (C=O) groups excluding carboxylic acids is 1. The van der Waals surface area contributed by atoms with Crippen LogP contribution in [0.25, 0.3) is 0 Å². The van der Waals surface area contributed by atoms with Crippen LogP contribution in [-0.2, 0) is 14.6 Å².